The number of nitrogens with one attached hydrogen (secondary N) is 1. The first-order chi connectivity index (χ1) is 10.6. The molecule has 1 aromatic carbocycles. The van der Waals surface area contributed by atoms with Crippen molar-refractivity contribution in [1.82, 2.24) is 0 Å². The van der Waals surface area contributed by atoms with Crippen LogP contribution in [0.5, 0.6) is 0 Å². The standard InChI is InChI=1S/C16H20N4O2/c1-2-14(11-19-20-18)15(17)10-13-8-6-12(7-9-13)4-3-5-16(21)22/h3,5-9,14,17H,2,4,10-11H2,1H3,(H,21,22)/b5-3+,17-15?/t14-/m1/s1. The van der Waals surface area contributed by atoms with Crippen molar-refractivity contribution in [2.24, 2.45) is 11.0 Å². The number of hydrogen-bond acceptors (Lipinski definition) is 3. The number of benzene rings is 1. The topological polar surface area (TPSA) is 110 Å². The molecule has 1 atom stereocenters. The molecule has 6 heteroatoms. The molecule has 0 heterocycles. The van der Waals surface area contributed by atoms with E-state index in [0.717, 1.165) is 23.6 Å². The smallest absolute Gasteiger partial charge is 0.327 e. The first-order valence-corrected chi connectivity index (χ1v) is 7.12. The molecule has 0 spiro atoms. The van der Waals surface area contributed by atoms with Crippen LogP contribution in [0.25, 0.3) is 10.4 Å². The minimum atomic E-state index is -0.948. The SMILES string of the molecule is CC[C@H](CN=[N+]=[N-])C(=N)Cc1ccc(C/C=C/C(=O)O)cc1. The van der Waals surface area contributed by atoms with Gasteiger partial charge in [-0.05, 0) is 29.5 Å². The van der Waals surface area contributed by atoms with Crippen molar-refractivity contribution in [3.8, 4) is 0 Å². The Morgan fingerprint density at radius 1 is 1.41 bits per heavy atom. The fraction of sp³-hybridized carbons (Fsp3) is 0.375. The molecule has 0 saturated heterocycles. The van der Waals surface area contributed by atoms with E-state index >= 15 is 0 Å². The van der Waals surface area contributed by atoms with Gasteiger partial charge < -0.3 is 10.5 Å². The van der Waals surface area contributed by atoms with E-state index in [1.165, 1.54) is 0 Å². The Balaban J connectivity index is 2.61. The second kappa shape index (κ2) is 9.37. The molecule has 0 amide bonds. The van der Waals surface area contributed by atoms with E-state index in [1.54, 1.807) is 6.08 Å². The van der Waals surface area contributed by atoms with Gasteiger partial charge in [0.1, 0.15) is 0 Å². The average molecular weight is 300 g/mol. The summed E-state index contributed by atoms with van der Waals surface area (Å²) in [4.78, 5) is 13.1. The van der Waals surface area contributed by atoms with Gasteiger partial charge in [0.15, 0.2) is 0 Å². The number of azide groups is 1. The lowest BCUT2D eigenvalue weighted by Gasteiger charge is -2.13. The molecule has 22 heavy (non-hydrogen) atoms. The van der Waals surface area contributed by atoms with Crippen LogP contribution in [0.15, 0.2) is 41.5 Å². The molecule has 116 valence electrons. The highest BCUT2D eigenvalue weighted by Gasteiger charge is 2.12. The van der Waals surface area contributed by atoms with Crippen LogP contribution >= 0.6 is 0 Å². The maximum atomic E-state index is 10.4. The summed E-state index contributed by atoms with van der Waals surface area (Å²) in [7, 11) is 0. The quantitative estimate of drug-likeness (QED) is 0.238. The van der Waals surface area contributed by atoms with E-state index in [1.807, 2.05) is 31.2 Å². The van der Waals surface area contributed by atoms with Crippen LogP contribution in [0.2, 0.25) is 0 Å². The summed E-state index contributed by atoms with van der Waals surface area (Å²) in [5.41, 5.74) is 11.0. The number of hydrogen-bond donors (Lipinski definition) is 2. The van der Waals surface area contributed by atoms with Crippen LogP contribution in [0.3, 0.4) is 0 Å². The maximum Gasteiger partial charge on any atom is 0.327 e. The van der Waals surface area contributed by atoms with Crippen molar-refractivity contribution in [1.29, 1.82) is 5.41 Å². The third kappa shape index (κ3) is 6.24. The predicted molar refractivity (Wildman–Crippen MR) is 86.1 cm³/mol. The van der Waals surface area contributed by atoms with Crippen molar-refractivity contribution >= 4 is 11.7 Å². The molecule has 0 bridgehead atoms. The average Bonchev–Trinajstić information content (AvgIpc) is 2.49. The molecule has 0 fully saturated rings. The fourth-order valence-electron chi connectivity index (χ4n) is 2.07. The van der Waals surface area contributed by atoms with E-state index in [2.05, 4.69) is 10.0 Å². The second-order valence-corrected chi connectivity index (χ2v) is 4.98. The van der Waals surface area contributed by atoms with Crippen LogP contribution in [-0.4, -0.2) is 23.3 Å². The molecule has 1 rings (SSSR count). The summed E-state index contributed by atoms with van der Waals surface area (Å²) in [6.07, 6.45) is 4.61. The fourth-order valence-corrected chi connectivity index (χ4v) is 2.07. The van der Waals surface area contributed by atoms with Gasteiger partial charge in [0.25, 0.3) is 0 Å². The molecule has 1 aromatic rings. The lowest BCUT2D eigenvalue weighted by atomic mass is 9.94. The van der Waals surface area contributed by atoms with Gasteiger partial charge in [-0.25, -0.2) is 4.79 Å². The van der Waals surface area contributed by atoms with Crippen molar-refractivity contribution in [3.63, 3.8) is 0 Å². The molecular weight excluding hydrogens is 280 g/mol. The summed E-state index contributed by atoms with van der Waals surface area (Å²) < 4.78 is 0. The summed E-state index contributed by atoms with van der Waals surface area (Å²) >= 11 is 0. The summed E-state index contributed by atoms with van der Waals surface area (Å²) in [5.74, 6) is -0.968. The Labute approximate surface area is 129 Å². The van der Waals surface area contributed by atoms with Gasteiger partial charge in [-0.3, -0.25) is 0 Å². The molecule has 0 aliphatic carbocycles. The first kappa shape index (κ1) is 17.5. The van der Waals surface area contributed by atoms with Crippen LogP contribution in [0, 0.1) is 11.3 Å². The zero-order valence-corrected chi connectivity index (χ0v) is 12.6. The molecule has 0 aliphatic heterocycles. The highest BCUT2D eigenvalue weighted by atomic mass is 16.4. The molecule has 0 saturated carbocycles. The van der Waals surface area contributed by atoms with Crippen molar-refractivity contribution in [2.75, 3.05) is 6.54 Å². The highest BCUT2D eigenvalue weighted by molar-refractivity contribution is 5.86. The molecular formula is C16H20N4O2. The Morgan fingerprint density at radius 2 is 2.05 bits per heavy atom. The van der Waals surface area contributed by atoms with Gasteiger partial charge in [0, 0.05) is 35.6 Å². The van der Waals surface area contributed by atoms with Crippen LogP contribution in [-0.2, 0) is 17.6 Å². The number of carboxylic acid groups (broad SMARTS) is 1. The van der Waals surface area contributed by atoms with Gasteiger partial charge in [0.05, 0.1) is 0 Å². The Bertz CT molecular complexity index is 587. The first-order valence-electron chi connectivity index (χ1n) is 7.12. The number of allylic oxidation sites excluding steroid dienone is 1. The minimum absolute atomic E-state index is 0.0194. The lowest BCUT2D eigenvalue weighted by Crippen LogP contribution is -2.18. The largest absolute Gasteiger partial charge is 0.478 e. The van der Waals surface area contributed by atoms with Crippen molar-refractivity contribution in [2.45, 2.75) is 26.2 Å². The maximum absolute atomic E-state index is 10.4. The molecule has 0 aliphatic rings. The van der Waals surface area contributed by atoms with Gasteiger partial charge in [-0.2, -0.15) is 0 Å². The number of aliphatic carboxylic acids is 1. The molecule has 0 aromatic heterocycles. The van der Waals surface area contributed by atoms with Gasteiger partial charge in [0.2, 0.25) is 0 Å². The third-order valence-electron chi connectivity index (χ3n) is 3.38. The molecule has 6 nitrogen and oxygen atoms in total. The second-order valence-electron chi connectivity index (χ2n) is 4.98. The lowest BCUT2D eigenvalue weighted by molar-refractivity contribution is -0.131. The van der Waals surface area contributed by atoms with Gasteiger partial charge in [-0.1, -0.05) is 42.4 Å². The van der Waals surface area contributed by atoms with Crippen LogP contribution in [0.4, 0.5) is 0 Å². The molecule has 0 radical (unpaired) electrons. The highest BCUT2D eigenvalue weighted by Crippen LogP contribution is 2.12. The predicted octanol–water partition coefficient (Wildman–Crippen LogP) is 3.77. The summed E-state index contributed by atoms with van der Waals surface area (Å²) in [6.45, 7) is 2.30. The normalized spacial score (nSPS) is 11.9. The molecule has 0 unspecified atom stereocenters. The van der Waals surface area contributed by atoms with Crippen LogP contribution in [0.1, 0.15) is 24.5 Å². The van der Waals surface area contributed by atoms with Gasteiger partial charge in [-0.15, -0.1) is 0 Å². The molecule has 2 N–H and O–H groups in total. The Kier molecular flexibility index (Phi) is 7.43. The van der Waals surface area contributed by atoms with Crippen LogP contribution < -0.4 is 0 Å². The Hall–Kier alpha value is -2.59. The number of carboxylic acids is 1. The van der Waals surface area contributed by atoms with E-state index < -0.39 is 5.97 Å². The van der Waals surface area contributed by atoms with E-state index in [-0.39, 0.29) is 5.92 Å². The number of carbonyl (C=O) groups is 1. The number of rotatable bonds is 9. The van der Waals surface area contributed by atoms with E-state index in [4.69, 9.17) is 16.0 Å². The van der Waals surface area contributed by atoms with Crippen molar-refractivity contribution in [3.05, 3.63) is 58.0 Å². The van der Waals surface area contributed by atoms with Crippen molar-refractivity contribution < 1.29 is 9.90 Å². The monoisotopic (exact) mass is 300 g/mol. The van der Waals surface area contributed by atoms with E-state index in [9.17, 15) is 4.79 Å². The zero-order valence-electron chi connectivity index (χ0n) is 12.6. The minimum Gasteiger partial charge on any atom is -0.478 e. The van der Waals surface area contributed by atoms with E-state index in [0.29, 0.717) is 25.1 Å². The van der Waals surface area contributed by atoms with Gasteiger partial charge >= 0.3 is 5.97 Å². The zero-order chi connectivity index (χ0) is 16.4. The third-order valence-corrected chi connectivity index (χ3v) is 3.38. The summed E-state index contributed by atoms with van der Waals surface area (Å²) in [5, 5.41) is 20.2. The number of nitrogens with zero attached hydrogens (tertiary/aromatic N) is 3. The summed E-state index contributed by atoms with van der Waals surface area (Å²) in [6, 6.07) is 7.75. The Morgan fingerprint density at radius 3 is 2.59 bits per heavy atom.